The molecule has 1 aliphatic heterocycles. The Balaban J connectivity index is 1.71. The third kappa shape index (κ3) is 5.97. The standard InChI is InChI=1S/C24H31NO4/c1-24(2,3)29-23(26)25-15-14-21(19-8-6-5-7-9-19)22(16-25)28-17-18-10-12-20(27-4)13-11-18/h5-13,21-22H,14-17H2,1-4H3. The van der Waals surface area contributed by atoms with E-state index in [2.05, 4.69) is 24.3 Å². The summed E-state index contributed by atoms with van der Waals surface area (Å²) < 4.78 is 17.1. The smallest absolute Gasteiger partial charge is 0.410 e. The molecule has 1 saturated heterocycles. The first-order chi connectivity index (χ1) is 13.9. The predicted octanol–water partition coefficient (Wildman–Crippen LogP) is 5.01. The number of nitrogens with zero attached hydrogens (tertiary/aromatic N) is 1. The van der Waals surface area contributed by atoms with Gasteiger partial charge in [-0.3, -0.25) is 0 Å². The van der Waals surface area contributed by atoms with Crippen molar-refractivity contribution in [3.05, 3.63) is 65.7 Å². The van der Waals surface area contributed by atoms with Crippen molar-refractivity contribution in [3.63, 3.8) is 0 Å². The van der Waals surface area contributed by atoms with E-state index in [0.717, 1.165) is 17.7 Å². The molecular formula is C24H31NO4. The Labute approximate surface area is 173 Å². The highest BCUT2D eigenvalue weighted by molar-refractivity contribution is 5.68. The lowest BCUT2D eigenvalue weighted by Crippen LogP contribution is -2.48. The molecule has 1 aliphatic rings. The van der Waals surface area contributed by atoms with Crippen LogP contribution in [0.2, 0.25) is 0 Å². The van der Waals surface area contributed by atoms with Gasteiger partial charge < -0.3 is 19.1 Å². The summed E-state index contributed by atoms with van der Waals surface area (Å²) in [5.74, 6) is 1.07. The molecule has 2 aromatic carbocycles. The van der Waals surface area contributed by atoms with Crippen LogP contribution >= 0.6 is 0 Å². The molecule has 1 amide bonds. The Morgan fingerprint density at radius 2 is 1.76 bits per heavy atom. The number of benzene rings is 2. The molecule has 0 aliphatic carbocycles. The fourth-order valence-electron chi connectivity index (χ4n) is 3.58. The number of piperidine rings is 1. The molecule has 0 spiro atoms. The van der Waals surface area contributed by atoms with Crippen molar-refractivity contribution in [3.8, 4) is 5.75 Å². The third-order valence-corrected chi connectivity index (χ3v) is 5.06. The van der Waals surface area contributed by atoms with Crippen LogP contribution in [0.3, 0.4) is 0 Å². The molecule has 2 aromatic rings. The fraction of sp³-hybridized carbons (Fsp3) is 0.458. The lowest BCUT2D eigenvalue weighted by molar-refractivity contribution is -0.0359. The molecule has 0 N–H and O–H groups in total. The number of hydrogen-bond donors (Lipinski definition) is 0. The summed E-state index contributed by atoms with van der Waals surface area (Å²) in [6.45, 7) is 7.33. The van der Waals surface area contributed by atoms with E-state index in [0.29, 0.717) is 19.7 Å². The molecular weight excluding hydrogens is 366 g/mol. The van der Waals surface area contributed by atoms with Crippen molar-refractivity contribution in [2.45, 2.75) is 51.4 Å². The minimum atomic E-state index is -0.507. The van der Waals surface area contributed by atoms with Crippen LogP contribution in [-0.2, 0) is 16.1 Å². The number of rotatable bonds is 5. The lowest BCUT2D eigenvalue weighted by atomic mass is 9.87. The quantitative estimate of drug-likeness (QED) is 0.712. The van der Waals surface area contributed by atoms with Crippen LogP contribution in [0.15, 0.2) is 54.6 Å². The zero-order chi connectivity index (χ0) is 20.9. The van der Waals surface area contributed by atoms with Gasteiger partial charge in [0.1, 0.15) is 11.4 Å². The van der Waals surface area contributed by atoms with E-state index in [-0.39, 0.29) is 18.1 Å². The van der Waals surface area contributed by atoms with Crippen molar-refractivity contribution in [2.75, 3.05) is 20.2 Å². The van der Waals surface area contributed by atoms with Crippen molar-refractivity contribution in [2.24, 2.45) is 0 Å². The topological polar surface area (TPSA) is 48.0 Å². The van der Waals surface area contributed by atoms with Crippen LogP contribution in [0.1, 0.15) is 44.2 Å². The van der Waals surface area contributed by atoms with Gasteiger partial charge in [-0.15, -0.1) is 0 Å². The van der Waals surface area contributed by atoms with Crippen LogP contribution < -0.4 is 4.74 Å². The molecule has 0 saturated carbocycles. The molecule has 2 unspecified atom stereocenters. The Morgan fingerprint density at radius 1 is 1.07 bits per heavy atom. The van der Waals surface area contributed by atoms with Gasteiger partial charge in [0.25, 0.3) is 0 Å². The molecule has 5 heteroatoms. The highest BCUT2D eigenvalue weighted by Gasteiger charge is 2.35. The van der Waals surface area contributed by atoms with Crippen LogP contribution in [-0.4, -0.2) is 42.9 Å². The Bertz CT molecular complexity index is 783. The van der Waals surface area contributed by atoms with Crippen LogP contribution in [0.4, 0.5) is 4.79 Å². The molecule has 29 heavy (non-hydrogen) atoms. The molecule has 0 bridgehead atoms. The first kappa shape index (κ1) is 21.2. The van der Waals surface area contributed by atoms with E-state index in [1.54, 1.807) is 12.0 Å². The zero-order valence-electron chi connectivity index (χ0n) is 17.8. The summed E-state index contributed by atoms with van der Waals surface area (Å²) in [6, 6.07) is 18.3. The number of methoxy groups -OCH3 is 1. The molecule has 156 valence electrons. The summed E-state index contributed by atoms with van der Waals surface area (Å²) in [6.07, 6.45) is 0.471. The maximum Gasteiger partial charge on any atom is 0.410 e. The fourth-order valence-corrected chi connectivity index (χ4v) is 3.58. The number of amides is 1. The number of ether oxygens (including phenoxy) is 3. The maximum absolute atomic E-state index is 12.6. The average Bonchev–Trinajstić information content (AvgIpc) is 2.72. The van der Waals surface area contributed by atoms with Crippen molar-refractivity contribution in [1.82, 2.24) is 4.90 Å². The van der Waals surface area contributed by atoms with Gasteiger partial charge in [0.2, 0.25) is 0 Å². The van der Waals surface area contributed by atoms with E-state index in [1.165, 1.54) is 5.56 Å². The summed E-state index contributed by atoms with van der Waals surface area (Å²) in [5.41, 5.74) is 1.82. The average molecular weight is 398 g/mol. The van der Waals surface area contributed by atoms with Gasteiger partial charge >= 0.3 is 6.09 Å². The number of carbonyl (C=O) groups is 1. The first-order valence-corrected chi connectivity index (χ1v) is 10.1. The zero-order valence-corrected chi connectivity index (χ0v) is 17.8. The summed E-state index contributed by atoms with van der Waals surface area (Å²) in [7, 11) is 1.66. The normalized spacial score (nSPS) is 19.7. The maximum atomic E-state index is 12.6. The number of carbonyl (C=O) groups excluding carboxylic acids is 1. The highest BCUT2D eigenvalue weighted by atomic mass is 16.6. The van der Waals surface area contributed by atoms with Crippen molar-refractivity contribution >= 4 is 6.09 Å². The monoisotopic (exact) mass is 397 g/mol. The first-order valence-electron chi connectivity index (χ1n) is 10.1. The van der Waals surface area contributed by atoms with E-state index < -0.39 is 5.60 Å². The van der Waals surface area contributed by atoms with Crippen molar-refractivity contribution in [1.29, 1.82) is 0 Å². The molecule has 5 nitrogen and oxygen atoms in total. The number of likely N-dealkylation sites (tertiary alicyclic amines) is 1. The summed E-state index contributed by atoms with van der Waals surface area (Å²) in [5, 5.41) is 0. The Hall–Kier alpha value is -2.53. The second-order valence-electron chi connectivity index (χ2n) is 8.43. The van der Waals surface area contributed by atoms with Crippen LogP contribution in [0.25, 0.3) is 0 Å². The molecule has 0 radical (unpaired) electrons. The van der Waals surface area contributed by atoms with Gasteiger partial charge in [-0.1, -0.05) is 42.5 Å². The van der Waals surface area contributed by atoms with Gasteiger partial charge in [0.15, 0.2) is 0 Å². The minimum absolute atomic E-state index is 0.0965. The summed E-state index contributed by atoms with van der Waals surface area (Å²) >= 11 is 0. The van der Waals surface area contributed by atoms with E-state index >= 15 is 0 Å². The minimum Gasteiger partial charge on any atom is -0.497 e. The Kier molecular flexibility index (Phi) is 6.80. The lowest BCUT2D eigenvalue weighted by Gasteiger charge is -2.39. The van der Waals surface area contributed by atoms with Gasteiger partial charge in [-0.2, -0.15) is 0 Å². The van der Waals surface area contributed by atoms with E-state index in [1.807, 2.05) is 51.1 Å². The van der Waals surface area contributed by atoms with Gasteiger partial charge in [0, 0.05) is 12.5 Å². The molecule has 2 atom stereocenters. The molecule has 0 aromatic heterocycles. The predicted molar refractivity (Wildman–Crippen MR) is 113 cm³/mol. The van der Waals surface area contributed by atoms with Crippen LogP contribution in [0.5, 0.6) is 5.75 Å². The van der Waals surface area contributed by atoms with Gasteiger partial charge in [0.05, 0.1) is 26.4 Å². The van der Waals surface area contributed by atoms with Crippen molar-refractivity contribution < 1.29 is 19.0 Å². The number of hydrogen-bond acceptors (Lipinski definition) is 4. The van der Waals surface area contributed by atoms with E-state index in [9.17, 15) is 4.79 Å². The molecule has 3 rings (SSSR count). The van der Waals surface area contributed by atoms with Gasteiger partial charge in [-0.25, -0.2) is 4.79 Å². The van der Waals surface area contributed by atoms with Crippen LogP contribution in [0, 0.1) is 0 Å². The second kappa shape index (κ2) is 9.31. The molecule has 1 fully saturated rings. The van der Waals surface area contributed by atoms with E-state index in [4.69, 9.17) is 14.2 Å². The largest absolute Gasteiger partial charge is 0.497 e. The highest BCUT2D eigenvalue weighted by Crippen LogP contribution is 2.31. The van der Waals surface area contributed by atoms with Gasteiger partial charge in [-0.05, 0) is 50.5 Å². The SMILES string of the molecule is COc1ccc(COC2CN(C(=O)OC(C)(C)C)CCC2c2ccccc2)cc1. The molecule has 1 heterocycles. The summed E-state index contributed by atoms with van der Waals surface area (Å²) in [4.78, 5) is 14.3. The Morgan fingerprint density at radius 3 is 2.38 bits per heavy atom. The third-order valence-electron chi connectivity index (χ3n) is 5.06. The second-order valence-corrected chi connectivity index (χ2v) is 8.43.